The molecule has 1 aromatic rings. The number of nitrogens with zero attached hydrogens (tertiary/aromatic N) is 2. The van der Waals surface area contributed by atoms with Crippen LogP contribution in [0.3, 0.4) is 0 Å². The number of hydrogen-bond acceptors (Lipinski definition) is 4. The molecule has 0 atom stereocenters. The third-order valence-electron chi connectivity index (χ3n) is 4.93. The maximum Gasteiger partial charge on any atom is 0.325 e. The van der Waals surface area contributed by atoms with Gasteiger partial charge in [0.15, 0.2) is 0 Å². The van der Waals surface area contributed by atoms with Gasteiger partial charge in [0.05, 0.1) is 0 Å². The fraction of sp³-hybridized carbons (Fsp3) is 0.500. The van der Waals surface area contributed by atoms with E-state index in [1.54, 1.807) is 0 Å². The minimum Gasteiger partial charge on any atom is -0.378 e. The first kappa shape index (κ1) is 17.3. The maximum atomic E-state index is 12.5. The normalized spacial score (nSPS) is 18.6. The van der Waals surface area contributed by atoms with E-state index in [-0.39, 0.29) is 30.8 Å². The van der Waals surface area contributed by atoms with E-state index < -0.39 is 5.54 Å². The number of carbonyl (C=O) groups is 3. The molecule has 1 spiro atoms. The van der Waals surface area contributed by atoms with Crippen LogP contribution in [0.15, 0.2) is 24.3 Å². The van der Waals surface area contributed by atoms with E-state index in [0.717, 1.165) is 18.5 Å². The monoisotopic (exact) mass is 344 g/mol. The highest BCUT2D eigenvalue weighted by atomic mass is 16.2. The number of hydrogen-bond donors (Lipinski definition) is 2. The van der Waals surface area contributed by atoms with Gasteiger partial charge in [0.2, 0.25) is 5.91 Å². The minimum absolute atomic E-state index is 0.0880. The third-order valence-corrected chi connectivity index (χ3v) is 4.93. The Hall–Kier alpha value is -2.57. The molecule has 3 rings (SSSR count). The Kier molecular flexibility index (Phi) is 4.65. The van der Waals surface area contributed by atoms with Crippen LogP contribution >= 0.6 is 0 Å². The van der Waals surface area contributed by atoms with Gasteiger partial charge in [-0.15, -0.1) is 0 Å². The Bertz CT molecular complexity index is 678. The van der Waals surface area contributed by atoms with Crippen LogP contribution in [0, 0.1) is 0 Å². The van der Waals surface area contributed by atoms with Crippen molar-refractivity contribution in [3.05, 3.63) is 24.3 Å². The second-order valence-corrected chi connectivity index (χ2v) is 6.92. The lowest BCUT2D eigenvalue weighted by Crippen LogP contribution is -2.44. The summed E-state index contributed by atoms with van der Waals surface area (Å²) in [6.45, 7) is 0.105. The van der Waals surface area contributed by atoms with Crippen molar-refractivity contribution in [3.8, 4) is 0 Å². The van der Waals surface area contributed by atoms with E-state index in [0.29, 0.717) is 18.5 Å². The molecule has 7 heteroatoms. The number of benzene rings is 1. The Morgan fingerprint density at radius 1 is 1.20 bits per heavy atom. The fourth-order valence-corrected chi connectivity index (χ4v) is 3.48. The van der Waals surface area contributed by atoms with Crippen LogP contribution in [0.4, 0.5) is 16.2 Å². The van der Waals surface area contributed by atoms with Crippen molar-refractivity contribution in [2.24, 2.45) is 0 Å². The number of nitrogens with one attached hydrogen (secondary N) is 2. The van der Waals surface area contributed by atoms with Crippen LogP contribution in [0.25, 0.3) is 0 Å². The smallest absolute Gasteiger partial charge is 0.325 e. The standard InChI is InChI=1S/C18H24N4O3/c1-21(2)14-7-5-13(6-8-14)19-15(23)9-12-22-16(24)18(20-17(22)25)10-3-4-11-18/h5-8H,3-4,9-12H2,1-2H3,(H,19,23)(H,20,25). The third kappa shape index (κ3) is 3.45. The van der Waals surface area contributed by atoms with Crippen LogP contribution < -0.4 is 15.5 Å². The molecule has 1 saturated heterocycles. The summed E-state index contributed by atoms with van der Waals surface area (Å²) >= 11 is 0. The van der Waals surface area contributed by atoms with Crippen molar-refractivity contribution < 1.29 is 14.4 Å². The molecule has 25 heavy (non-hydrogen) atoms. The predicted octanol–water partition coefficient (Wildman–Crippen LogP) is 1.95. The first-order valence-electron chi connectivity index (χ1n) is 8.63. The molecule has 0 radical (unpaired) electrons. The average Bonchev–Trinajstić information content (AvgIpc) is 3.13. The SMILES string of the molecule is CN(C)c1ccc(NC(=O)CCN2C(=O)NC3(CCCC3)C2=O)cc1. The molecule has 1 saturated carbocycles. The summed E-state index contributed by atoms with van der Waals surface area (Å²) in [5, 5.41) is 5.62. The Labute approximate surface area is 147 Å². The first-order valence-corrected chi connectivity index (χ1v) is 8.63. The van der Waals surface area contributed by atoms with Crippen LogP contribution in [-0.2, 0) is 9.59 Å². The highest BCUT2D eigenvalue weighted by Gasteiger charge is 2.52. The van der Waals surface area contributed by atoms with Crippen LogP contribution in [-0.4, -0.2) is 48.9 Å². The molecule has 1 aromatic carbocycles. The quantitative estimate of drug-likeness (QED) is 0.800. The highest BCUT2D eigenvalue weighted by molar-refractivity contribution is 6.07. The number of imide groups is 1. The Morgan fingerprint density at radius 2 is 1.84 bits per heavy atom. The summed E-state index contributed by atoms with van der Waals surface area (Å²) in [5.74, 6) is -0.399. The molecular formula is C18H24N4O3. The van der Waals surface area contributed by atoms with Gasteiger partial charge < -0.3 is 15.5 Å². The summed E-state index contributed by atoms with van der Waals surface area (Å²) in [5.41, 5.74) is 1.02. The van der Waals surface area contributed by atoms with Crippen molar-refractivity contribution >= 4 is 29.2 Å². The second kappa shape index (κ2) is 6.74. The van der Waals surface area contributed by atoms with E-state index in [9.17, 15) is 14.4 Å². The van der Waals surface area contributed by atoms with E-state index in [4.69, 9.17) is 0 Å². The van der Waals surface area contributed by atoms with Gasteiger partial charge in [0, 0.05) is 38.4 Å². The van der Waals surface area contributed by atoms with Crippen LogP contribution in [0.1, 0.15) is 32.1 Å². The van der Waals surface area contributed by atoms with Crippen LogP contribution in [0.2, 0.25) is 0 Å². The summed E-state index contributed by atoms with van der Waals surface area (Å²) in [7, 11) is 3.89. The Morgan fingerprint density at radius 3 is 2.44 bits per heavy atom. The lowest BCUT2D eigenvalue weighted by atomic mass is 9.98. The summed E-state index contributed by atoms with van der Waals surface area (Å²) in [4.78, 5) is 39.9. The number of amides is 4. The zero-order chi connectivity index (χ0) is 18.0. The Balaban J connectivity index is 1.53. The molecule has 1 heterocycles. The van der Waals surface area contributed by atoms with Crippen molar-refractivity contribution in [2.75, 3.05) is 30.9 Å². The van der Waals surface area contributed by atoms with Crippen LogP contribution in [0.5, 0.6) is 0 Å². The number of carbonyl (C=O) groups excluding carboxylic acids is 3. The average molecular weight is 344 g/mol. The van der Waals surface area contributed by atoms with Gasteiger partial charge in [0.25, 0.3) is 5.91 Å². The number of urea groups is 1. The van der Waals surface area contributed by atoms with Gasteiger partial charge in [-0.05, 0) is 37.1 Å². The fourth-order valence-electron chi connectivity index (χ4n) is 3.48. The van der Waals surface area contributed by atoms with Crippen molar-refractivity contribution in [2.45, 2.75) is 37.6 Å². The van der Waals surface area contributed by atoms with E-state index in [1.165, 1.54) is 4.90 Å². The molecule has 2 aliphatic rings. The molecule has 0 bridgehead atoms. The minimum atomic E-state index is -0.713. The lowest BCUT2D eigenvalue weighted by molar-refractivity contribution is -0.131. The van der Waals surface area contributed by atoms with Gasteiger partial charge in [0.1, 0.15) is 5.54 Å². The largest absolute Gasteiger partial charge is 0.378 e. The van der Waals surface area contributed by atoms with Gasteiger partial charge in [-0.1, -0.05) is 12.8 Å². The molecule has 4 amide bonds. The molecule has 7 nitrogen and oxygen atoms in total. The molecule has 1 aliphatic heterocycles. The zero-order valence-electron chi connectivity index (χ0n) is 14.7. The molecular weight excluding hydrogens is 320 g/mol. The second-order valence-electron chi connectivity index (χ2n) is 6.92. The topological polar surface area (TPSA) is 81.8 Å². The van der Waals surface area contributed by atoms with Crippen molar-refractivity contribution in [1.82, 2.24) is 10.2 Å². The molecule has 2 N–H and O–H groups in total. The van der Waals surface area contributed by atoms with Gasteiger partial charge in [-0.2, -0.15) is 0 Å². The number of anilines is 2. The molecule has 2 fully saturated rings. The molecule has 0 aromatic heterocycles. The van der Waals surface area contributed by atoms with Gasteiger partial charge >= 0.3 is 6.03 Å². The molecule has 134 valence electrons. The molecule has 0 unspecified atom stereocenters. The maximum absolute atomic E-state index is 12.5. The summed E-state index contributed by atoms with van der Waals surface area (Å²) < 4.78 is 0. The summed E-state index contributed by atoms with van der Waals surface area (Å²) in [6, 6.07) is 7.10. The van der Waals surface area contributed by atoms with Crippen molar-refractivity contribution in [1.29, 1.82) is 0 Å². The summed E-state index contributed by atoms with van der Waals surface area (Å²) in [6.07, 6.45) is 3.37. The number of rotatable bonds is 5. The molecule has 1 aliphatic carbocycles. The van der Waals surface area contributed by atoms with Gasteiger partial charge in [-0.3, -0.25) is 14.5 Å². The highest BCUT2D eigenvalue weighted by Crippen LogP contribution is 2.35. The zero-order valence-corrected chi connectivity index (χ0v) is 14.7. The lowest BCUT2D eigenvalue weighted by Gasteiger charge is -2.19. The van der Waals surface area contributed by atoms with Gasteiger partial charge in [-0.25, -0.2) is 4.79 Å². The van der Waals surface area contributed by atoms with E-state index in [1.807, 2.05) is 43.3 Å². The van der Waals surface area contributed by atoms with E-state index in [2.05, 4.69) is 10.6 Å². The first-order chi connectivity index (χ1) is 11.9. The van der Waals surface area contributed by atoms with Crippen molar-refractivity contribution in [3.63, 3.8) is 0 Å². The predicted molar refractivity (Wildman–Crippen MR) is 95.5 cm³/mol. The van der Waals surface area contributed by atoms with E-state index >= 15 is 0 Å².